The molecule has 1 spiro atoms. The summed E-state index contributed by atoms with van der Waals surface area (Å²) in [5.41, 5.74) is 0.918. The van der Waals surface area contributed by atoms with Crippen LogP contribution in [0.15, 0.2) is 0 Å². The predicted octanol–water partition coefficient (Wildman–Crippen LogP) is 2.69. The molecule has 0 bridgehead atoms. The fraction of sp³-hybridized carbons (Fsp3) is 1.00. The van der Waals surface area contributed by atoms with Crippen molar-refractivity contribution < 1.29 is 0 Å². The second-order valence-electron chi connectivity index (χ2n) is 4.87. The van der Waals surface area contributed by atoms with E-state index in [9.17, 15) is 0 Å². The minimum atomic E-state index is 0.918. The molecule has 0 aliphatic heterocycles. The van der Waals surface area contributed by atoms with Crippen molar-refractivity contribution in [2.45, 2.75) is 33.1 Å². The van der Waals surface area contributed by atoms with Crippen LogP contribution in [0.2, 0.25) is 0 Å². The van der Waals surface area contributed by atoms with E-state index in [0.29, 0.717) is 0 Å². The van der Waals surface area contributed by atoms with Gasteiger partial charge in [0.2, 0.25) is 0 Å². The fourth-order valence-electron chi connectivity index (χ4n) is 3.57. The van der Waals surface area contributed by atoms with Crippen LogP contribution >= 0.6 is 0 Å². The van der Waals surface area contributed by atoms with Gasteiger partial charge in [-0.2, -0.15) is 0 Å². The maximum Gasteiger partial charge on any atom is -0.0207 e. The Morgan fingerprint density at radius 2 is 1.80 bits per heavy atom. The maximum absolute atomic E-state index is 2.48. The molecule has 3 aliphatic carbocycles. The van der Waals surface area contributed by atoms with E-state index >= 15 is 0 Å². The smallest absolute Gasteiger partial charge is 0.0207 e. The van der Waals surface area contributed by atoms with Crippen LogP contribution in [0.4, 0.5) is 0 Å². The second-order valence-corrected chi connectivity index (χ2v) is 4.87. The molecule has 3 saturated carbocycles. The number of hydrogen-bond acceptors (Lipinski definition) is 0. The normalized spacial score (nSPS) is 64.8. The molecule has 3 aliphatic rings. The molecule has 56 valence electrons. The number of rotatable bonds is 1. The van der Waals surface area contributed by atoms with E-state index < -0.39 is 0 Å². The molecule has 0 heteroatoms. The molecule has 3 fully saturated rings. The minimum Gasteiger partial charge on any atom is -0.0619 e. The van der Waals surface area contributed by atoms with E-state index in [-0.39, 0.29) is 0 Å². The fourth-order valence-corrected chi connectivity index (χ4v) is 3.57. The zero-order chi connectivity index (χ0) is 6.93. The summed E-state index contributed by atoms with van der Waals surface area (Å²) >= 11 is 0. The third-order valence-corrected chi connectivity index (χ3v) is 4.44. The zero-order valence-corrected chi connectivity index (χ0v) is 6.93. The van der Waals surface area contributed by atoms with Crippen LogP contribution in [0, 0.1) is 29.1 Å². The first-order valence-corrected chi connectivity index (χ1v) is 4.77. The van der Waals surface area contributed by atoms with Crippen molar-refractivity contribution in [1.29, 1.82) is 0 Å². The van der Waals surface area contributed by atoms with Gasteiger partial charge in [-0.05, 0) is 48.3 Å². The summed E-state index contributed by atoms with van der Waals surface area (Å²) in [4.78, 5) is 0. The molecular formula is C10H16. The van der Waals surface area contributed by atoms with Crippen molar-refractivity contribution in [2.75, 3.05) is 0 Å². The van der Waals surface area contributed by atoms with E-state index in [1.165, 1.54) is 11.8 Å². The van der Waals surface area contributed by atoms with Crippen molar-refractivity contribution in [3.05, 3.63) is 0 Å². The van der Waals surface area contributed by atoms with Gasteiger partial charge in [0.1, 0.15) is 0 Å². The number of hydrogen-bond donors (Lipinski definition) is 0. The Labute approximate surface area is 63.0 Å². The largest absolute Gasteiger partial charge is 0.0619 e. The van der Waals surface area contributed by atoms with E-state index in [4.69, 9.17) is 0 Å². The summed E-state index contributed by atoms with van der Waals surface area (Å²) < 4.78 is 0. The Morgan fingerprint density at radius 1 is 1.20 bits per heavy atom. The lowest BCUT2D eigenvalue weighted by Crippen LogP contribution is -1.83. The highest BCUT2D eigenvalue weighted by Gasteiger charge is 2.76. The van der Waals surface area contributed by atoms with Crippen LogP contribution < -0.4 is 0 Å². The van der Waals surface area contributed by atoms with E-state index in [1.807, 2.05) is 0 Å². The second kappa shape index (κ2) is 1.31. The lowest BCUT2D eigenvalue weighted by atomic mass is 10.2. The van der Waals surface area contributed by atoms with Crippen molar-refractivity contribution in [3.63, 3.8) is 0 Å². The van der Waals surface area contributed by atoms with Crippen molar-refractivity contribution in [2.24, 2.45) is 29.1 Å². The molecule has 0 aromatic heterocycles. The van der Waals surface area contributed by atoms with Gasteiger partial charge in [-0.3, -0.25) is 0 Å². The van der Waals surface area contributed by atoms with Crippen LogP contribution in [0.25, 0.3) is 0 Å². The summed E-state index contributed by atoms with van der Waals surface area (Å²) in [7, 11) is 0. The Morgan fingerprint density at radius 3 is 2.10 bits per heavy atom. The summed E-state index contributed by atoms with van der Waals surface area (Å²) in [5.74, 6) is 4.56. The summed E-state index contributed by atoms with van der Waals surface area (Å²) in [5, 5.41) is 0. The van der Waals surface area contributed by atoms with Crippen LogP contribution in [0.3, 0.4) is 0 Å². The zero-order valence-electron chi connectivity index (χ0n) is 6.93. The van der Waals surface area contributed by atoms with E-state index in [1.54, 1.807) is 19.3 Å². The van der Waals surface area contributed by atoms with Gasteiger partial charge in [-0.15, -0.1) is 0 Å². The molecule has 3 rings (SSSR count). The molecule has 0 saturated heterocycles. The standard InChI is InChI=1S/C10H16/c1-6-5-10(6)7(2)9(10)8-3-4-8/h6-9H,3-5H2,1-2H3. The van der Waals surface area contributed by atoms with Gasteiger partial charge in [-0.25, -0.2) is 0 Å². The highest BCUT2D eigenvalue weighted by atomic mass is 14.8. The van der Waals surface area contributed by atoms with Crippen LogP contribution in [-0.2, 0) is 0 Å². The Hall–Kier alpha value is 0. The first-order chi connectivity index (χ1) is 4.77. The first kappa shape index (κ1) is 5.62. The molecule has 0 heterocycles. The van der Waals surface area contributed by atoms with Gasteiger partial charge in [0.05, 0.1) is 0 Å². The highest BCUT2D eigenvalue weighted by molar-refractivity contribution is 5.24. The molecule has 0 aromatic rings. The predicted molar refractivity (Wildman–Crippen MR) is 41.6 cm³/mol. The monoisotopic (exact) mass is 136 g/mol. The topological polar surface area (TPSA) is 0 Å². The van der Waals surface area contributed by atoms with Gasteiger partial charge in [0.25, 0.3) is 0 Å². The van der Waals surface area contributed by atoms with Gasteiger partial charge in [0.15, 0.2) is 0 Å². The van der Waals surface area contributed by atoms with Crippen LogP contribution in [0.1, 0.15) is 33.1 Å². The van der Waals surface area contributed by atoms with Gasteiger partial charge in [0, 0.05) is 0 Å². The third kappa shape index (κ3) is 0.436. The van der Waals surface area contributed by atoms with Crippen molar-refractivity contribution >= 4 is 0 Å². The molecule has 0 amide bonds. The van der Waals surface area contributed by atoms with Crippen LogP contribution in [0.5, 0.6) is 0 Å². The molecule has 0 N–H and O–H groups in total. The van der Waals surface area contributed by atoms with Gasteiger partial charge < -0.3 is 0 Å². The summed E-state index contributed by atoms with van der Waals surface area (Å²) in [6.45, 7) is 4.92. The van der Waals surface area contributed by atoms with Gasteiger partial charge >= 0.3 is 0 Å². The quantitative estimate of drug-likeness (QED) is 0.520. The summed E-state index contributed by atoms with van der Waals surface area (Å²) in [6, 6.07) is 0. The molecule has 4 atom stereocenters. The van der Waals surface area contributed by atoms with E-state index in [2.05, 4.69) is 13.8 Å². The lowest BCUT2D eigenvalue weighted by Gasteiger charge is -1.88. The third-order valence-electron chi connectivity index (χ3n) is 4.44. The van der Waals surface area contributed by atoms with E-state index in [0.717, 1.165) is 17.3 Å². The first-order valence-electron chi connectivity index (χ1n) is 4.77. The maximum atomic E-state index is 2.48. The Kier molecular flexibility index (Phi) is 0.735. The SMILES string of the molecule is CC1CC12C(C)C2C1CC1. The van der Waals surface area contributed by atoms with Crippen molar-refractivity contribution in [3.8, 4) is 0 Å². The summed E-state index contributed by atoms with van der Waals surface area (Å²) in [6.07, 6.45) is 4.68. The Bertz CT molecular complexity index is 180. The highest BCUT2D eigenvalue weighted by Crippen LogP contribution is 2.82. The molecule has 0 nitrogen and oxygen atoms in total. The van der Waals surface area contributed by atoms with Gasteiger partial charge in [-0.1, -0.05) is 13.8 Å². The molecule has 0 aromatic carbocycles. The lowest BCUT2D eigenvalue weighted by molar-refractivity contribution is 0.594. The average Bonchev–Trinajstić information content (AvgIpc) is 2.63. The molecule has 10 heavy (non-hydrogen) atoms. The molecule has 0 radical (unpaired) electrons. The van der Waals surface area contributed by atoms with Crippen LogP contribution in [-0.4, -0.2) is 0 Å². The van der Waals surface area contributed by atoms with Crippen molar-refractivity contribution in [1.82, 2.24) is 0 Å². The molecular weight excluding hydrogens is 120 g/mol. The Balaban J connectivity index is 1.80. The average molecular weight is 136 g/mol. The minimum absolute atomic E-state index is 0.918. The molecule has 4 unspecified atom stereocenters.